The minimum Gasteiger partial charge on any atom is -0.390 e. The van der Waals surface area contributed by atoms with Crippen molar-refractivity contribution in [3.05, 3.63) is 0 Å². The van der Waals surface area contributed by atoms with E-state index in [9.17, 15) is 15.0 Å². The molecular weight excluding hydrogens is 278 g/mol. The van der Waals surface area contributed by atoms with Gasteiger partial charge in [0.25, 0.3) is 0 Å². The number of carbonyl (C=O) groups is 1. The van der Waals surface area contributed by atoms with E-state index < -0.39 is 12.2 Å². The van der Waals surface area contributed by atoms with E-state index in [1.165, 1.54) is 19.3 Å². The Labute approximate surface area is 136 Å². The third-order valence-corrected chi connectivity index (χ3v) is 4.23. The van der Waals surface area contributed by atoms with Gasteiger partial charge in [0.1, 0.15) is 0 Å². The SMILES string of the molecule is CCCCCCCC(O)C(O)CCCCCCCC(=O)NC. The topological polar surface area (TPSA) is 69.6 Å². The van der Waals surface area contributed by atoms with E-state index in [0.717, 1.165) is 51.4 Å². The summed E-state index contributed by atoms with van der Waals surface area (Å²) in [7, 11) is 1.67. The van der Waals surface area contributed by atoms with Gasteiger partial charge in [0.2, 0.25) is 5.91 Å². The number of nitrogens with one attached hydrogen (secondary N) is 1. The molecule has 22 heavy (non-hydrogen) atoms. The van der Waals surface area contributed by atoms with Crippen LogP contribution in [0, 0.1) is 0 Å². The van der Waals surface area contributed by atoms with E-state index in [2.05, 4.69) is 12.2 Å². The molecule has 4 nitrogen and oxygen atoms in total. The Balaban J connectivity index is 3.40. The van der Waals surface area contributed by atoms with Crippen LogP contribution in [-0.2, 0) is 4.79 Å². The Bertz CT molecular complexity index is 259. The summed E-state index contributed by atoms with van der Waals surface area (Å²) in [6.07, 6.45) is 11.9. The molecule has 1 amide bonds. The van der Waals surface area contributed by atoms with Crippen molar-refractivity contribution in [3.63, 3.8) is 0 Å². The minimum absolute atomic E-state index is 0.109. The number of aliphatic hydroxyl groups is 2. The fourth-order valence-electron chi connectivity index (χ4n) is 2.64. The van der Waals surface area contributed by atoms with E-state index in [1.54, 1.807) is 7.05 Å². The van der Waals surface area contributed by atoms with Crippen LogP contribution in [0.5, 0.6) is 0 Å². The molecule has 0 aromatic carbocycles. The van der Waals surface area contributed by atoms with Gasteiger partial charge in [-0.15, -0.1) is 0 Å². The number of amides is 1. The number of unbranched alkanes of at least 4 members (excludes halogenated alkanes) is 8. The first-order chi connectivity index (χ1) is 10.6. The predicted octanol–water partition coefficient (Wildman–Crippen LogP) is 3.55. The first-order valence-electron chi connectivity index (χ1n) is 9.18. The van der Waals surface area contributed by atoms with Crippen molar-refractivity contribution >= 4 is 5.91 Å². The van der Waals surface area contributed by atoms with Gasteiger partial charge in [-0.1, -0.05) is 64.7 Å². The maximum Gasteiger partial charge on any atom is 0.219 e. The lowest BCUT2D eigenvalue weighted by atomic mass is 10.00. The highest BCUT2D eigenvalue weighted by Gasteiger charge is 2.15. The van der Waals surface area contributed by atoms with E-state index in [1.807, 2.05) is 0 Å². The Morgan fingerprint density at radius 1 is 0.818 bits per heavy atom. The molecule has 0 aliphatic rings. The number of carbonyl (C=O) groups excluding carboxylic acids is 1. The van der Waals surface area contributed by atoms with Crippen LogP contribution in [0.4, 0.5) is 0 Å². The molecular formula is C18H37NO3. The summed E-state index contributed by atoms with van der Waals surface area (Å²) in [5, 5.41) is 22.5. The Hall–Kier alpha value is -0.610. The first kappa shape index (κ1) is 21.4. The lowest BCUT2D eigenvalue weighted by Crippen LogP contribution is -2.25. The highest BCUT2D eigenvalue weighted by atomic mass is 16.3. The lowest BCUT2D eigenvalue weighted by Gasteiger charge is -2.17. The van der Waals surface area contributed by atoms with Crippen molar-refractivity contribution in [1.29, 1.82) is 0 Å². The van der Waals surface area contributed by atoms with Gasteiger partial charge in [-0.3, -0.25) is 4.79 Å². The molecule has 0 aromatic heterocycles. The molecule has 0 saturated carbocycles. The van der Waals surface area contributed by atoms with E-state index >= 15 is 0 Å². The van der Waals surface area contributed by atoms with Crippen LogP contribution in [0.2, 0.25) is 0 Å². The molecule has 0 fully saturated rings. The summed E-state index contributed by atoms with van der Waals surface area (Å²) in [6.45, 7) is 2.19. The predicted molar refractivity (Wildman–Crippen MR) is 91.8 cm³/mol. The summed E-state index contributed by atoms with van der Waals surface area (Å²) in [5.74, 6) is 0.109. The fraction of sp³-hybridized carbons (Fsp3) is 0.944. The molecule has 0 rings (SSSR count). The smallest absolute Gasteiger partial charge is 0.219 e. The zero-order chi connectivity index (χ0) is 16.6. The average Bonchev–Trinajstić information content (AvgIpc) is 2.52. The van der Waals surface area contributed by atoms with Gasteiger partial charge in [0.05, 0.1) is 12.2 Å². The molecule has 3 N–H and O–H groups in total. The summed E-state index contributed by atoms with van der Waals surface area (Å²) in [6, 6.07) is 0. The normalized spacial score (nSPS) is 13.8. The lowest BCUT2D eigenvalue weighted by molar-refractivity contribution is -0.120. The van der Waals surface area contributed by atoms with Crippen LogP contribution >= 0.6 is 0 Å². The molecule has 2 atom stereocenters. The Morgan fingerprint density at radius 2 is 1.27 bits per heavy atom. The van der Waals surface area contributed by atoms with Gasteiger partial charge in [-0.25, -0.2) is 0 Å². The van der Waals surface area contributed by atoms with Crippen LogP contribution in [0.25, 0.3) is 0 Å². The average molecular weight is 315 g/mol. The Morgan fingerprint density at radius 3 is 1.77 bits per heavy atom. The van der Waals surface area contributed by atoms with Crippen LogP contribution < -0.4 is 5.32 Å². The van der Waals surface area contributed by atoms with Gasteiger partial charge in [-0.2, -0.15) is 0 Å². The van der Waals surface area contributed by atoms with E-state index in [-0.39, 0.29) is 5.91 Å². The molecule has 0 radical (unpaired) electrons. The zero-order valence-corrected chi connectivity index (χ0v) is 14.6. The molecule has 0 aliphatic heterocycles. The molecule has 0 heterocycles. The molecule has 0 aromatic rings. The second kappa shape index (κ2) is 15.3. The number of hydrogen-bond donors (Lipinski definition) is 3. The van der Waals surface area contributed by atoms with Gasteiger partial charge in [0.15, 0.2) is 0 Å². The number of hydrogen-bond acceptors (Lipinski definition) is 3. The van der Waals surface area contributed by atoms with E-state index in [0.29, 0.717) is 12.8 Å². The molecule has 2 unspecified atom stereocenters. The summed E-state index contributed by atoms with van der Waals surface area (Å²) in [5.41, 5.74) is 0. The molecule has 0 aliphatic carbocycles. The van der Waals surface area contributed by atoms with Crippen molar-refractivity contribution in [3.8, 4) is 0 Å². The largest absolute Gasteiger partial charge is 0.390 e. The highest BCUT2D eigenvalue weighted by molar-refractivity contribution is 5.75. The quantitative estimate of drug-likeness (QED) is 0.405. The monoisotopic (exact) mass is 315 g/mol. The molecule has 0 bridgehead atoms. The van der Waals surface area contributed by atoms with Gasteiger partial charge in [0, 0.05) is 13.5 Å². The van der Waals surface area contributed by atoms with Crippen molar-refractivity contribution in [1.82, 2.24) is 5.32 Å². The zero-order valence-electron chi connectivity index (χ0n) is 14.6. The first-order valence-corrected chi connectivity index (χ1v) is 9.18. The van der Waals surface area contributed by atoms with Crippen molar-refractivity contribution in [2.24, 2.45) is 0 Å². The second-order valence-corrected chi connectivity index (χ2v) is 6.32. The van der Waals surface area contributed by atoms with Crippen molar-refractivity contribution < 1.29 is 15.0 Å². The van der Waals surface area contributed by atoms with Gasteiger partial charge >= 0.3 is 0 Å². The summed E-state index contributed by atoms with van der Waals surface area (Å²) >= 11 is 0. The highest BCUT2D eigenvalue weighted by Crippen LogP contribution is 2.14. The maximum absolute atomic E-state index is 11.0. The third-order valence-electron chi connectivity index (χ3n) is 4.23. The van der Waals surface area contributed by atoms with Gasteiger partial charge in [-0.05, 0) is 19.3 Å². The van der Waals surface area contributed by atoms with Crippen molar-refractivity contribution in [2.75, 3.05) is 7.05 Å². The second-order valence-electron chi connectivity index (χ2n) is 6.32. The Kier molecular flexibility index (Phi) is 14.9. The number of aliphatic hydroxyl groups excluding tert-OH is 2. The molecule has 132 valence electrons. The standard InChI is InChI=1S/C18H37NO3/c1-3-4-5-7-10-13-16(20)17(21)14-11-8-6-9-12-15-18(22)19-2/h16-17,20-21H,3-15H2,1-2H3,(H,19,22). The van der Waals surface area contributed by atoms with Crippen molar-refractivity contribution in [2.45, 2.75) is 103 Å². The van der Waals surface area contributed by atoms with Gasteiger partial charge < -0.3 is 15.5 Å². The summed E-state index contributed by atoms with van der Waals surface area (Å²) < 4.78 is 0. The minimum atomic E-state index is -0.572. The molecule has 4 heteroatoms. The fourth-order valence-corrected chi connectivity index (χ4v) is 2.64. The molecule has 0 saturated heterocycles. The third kappa shape index (κ3) is 13.1. The summed E-state index contributed by atoms with van der Waals surface area (Å²) in [4.78, 5) is 11.0. The number of rotatable bonds is 15. The van der Waals surface area contributed by atoms with Crippen LogP contribution in [0.15, 0.2) is 0 Å². The van der Waals surface area contributed by atoms with Crippen LogP contribution in [-0.4, -0.2) is 35.4 Å². The van der Waals surface area contributed by atoms with Crippen LogP contribution in [0.3, 0.4) is 0 Å². The van der Waals surface area contributed by atoms with Crippen LogP contribution in [0.1, 0.15) is 90.4 Å². The maximum atomic E-state index is 11.0. The van der Waals surface area contributed by atoms with E-state index in [4.69, 9.17) is 0 Å². The molecule has 0 spiro atoms.